The molecule has 2 aromatic heterocycles. The second kappa shape index (κ2) is 10.6. The van der Waals surface area contributed by atoms with Crippen LogP contribution in [-0.2, 0) is 11.3 Å². The van der Waals surface area contributed by atoms with Crippen LogP contribution in [0.3, 0.4) is 0 Å². The average molecular weight is 497 g/mol. The number of amides is 1. The van der Waals surface area contributed by atoms with Gasteiger partial charge in [0, 0.05) is 44.7 Å². The number of pyridine rings is 1. The zero-order valence-corrected chi connectivity index (χ0v) is 21.6. The summed E-state index contributed by atoms with van der Waals surface area (Å²) in [6.45, 7) is 7.11. The van der Waals surface area contributed by atoms with Crippen LogP contribution in [0, 0.1) is 6.92 Å². The second-order valence-corrected chi connectivity index (χ2v) is 9.93. The number of hydrogen-bond donors (Lipinski definition) is 0. The summed E-state index contributed by atoms with van der Waals surface area (Å²) in [6.07, 6.45) is 0. The van der Waals surface area contributed by atoms with Crippen LogP contribution in [0.25, 0.3) is 10.9 Å². The number of fused-ring (bicyclic) bond motifs is 1. The first kappa shape index (κ1) is 24.9. The first-order valence-electron chi connectivity index (χ1n) is 11.9. The van der Waals surface area contributed by atoms with Crippen LogP contribution >= 0.6 is 11.3 Å². The Bertz CT molecular complexity index is 1270. The quantitative estimate of drug-likeness (QED) is 0.468. The van der Waals surface area contributed by atoms with Gasteiger partial charge in [-0.3, -0.25) is 9.59 Å². The van der Waals surface area contributed by atoms with Gasteiger partial charge in [-0.15, -0.1) is 11.3 Å². The molecular formula is C26H32N4O4S. The third-order valence-corrected chi connectivity index (χ3v) is 7.12. The monoisotopic (exact) mass is 496 g/mol. The third kappa shape index (κ3) is 5.11. The molecular weight excluding hydrogens is 464 g/mol. The van der Waals surface area contributed by atoms with Gasteiger partial charge in [-0.05, 0) is 51.5 Å². The first-order chi connectivity index (χ1) is 16.8. The molecule has 3 aromatic rings. The summed E-state index contributed by atoms with van der Waals surface area (Å²) in [5, 5.41) is 2.75. The van der Waals surface area contributed by atoms with Gasteiger partial charge < -0.3 is 24.0 Å². The van der Waals surface area contributed by atoms with Crippen LogP contribution in [0.5, 0.6) is 0 Å². The minimum atomic E-state index is -0.605. The highest BCUT2D eigenvalue weighted by Gasteiger charge is 2.30. The molecule has 0 radical (unpaired) electrons. The lowest BCUT2D eigenvalue weighted by Gasteiger charge is -2.37. The maximum absolute atomic E-state index is 13.7. The Morgan fingerprint density at radius 2 is 1.86 bits per heavy atom. The molecule has 1 amide bonds. The van der Waals surface area contributed by atoms with Gasteiger partial charge in [-0.25, -0.2) is 4.79 Å². The van der Waals surface area contributed by atoms with Gasteiger partial charge >= 0.3 is 5.97 Å². The lowest BCUT2D eigenvalue weighted by molar-refractivity contribution is 0.0523. The van der Waals surface area contributed by atoms with E-state index in [4.69, 9.17) is 4.74 Å². The van der Waals surface area contributed by atoms with E-state index in [9.17, 15) is 14.4 Å². The van der Waals surface area contributed by atoms with E-state index in [2.05, 4.69) is 4.90 Å². The normalized spacial score (nSPS) is 14.1. The number of piperazine rings is 1. The Labute approximate surface area is 209 Å². The fourth-order valence-corrected chi connectivity index (χ4v) is 5.17. The van der Waals surface area contributed by atoms with E-state index in [-0.39, 0.29) is 23.6 Å². The number of carbonyl (C=O) groups is 2. The van der Waals surface area contributed by atoms with E-state index >= 15 is 0 Å². The van der Waals surface area contributed by atoms with Gasteiger partial charge in [0.2, 0.25) is 0 Å². The molecule has 4 rings (SSSR count). The number of nitrogens with zero attached hydrogens (tertiary/aromatic N) is 4. The van der Waals surface area contributed by atoms with Crippen LogP contribution in [-0.4, -0.2) is 79.7 Å². The lowest BCUT2D eigenvalue weighted by atomic mass is 10.0. The van der Waals surface area contributed by atoms with Gasteiger partial charge in [0.15, 0.2) is 0 Å². The number of anilines is 1. The Morgan fingerprint density at radius 3 is 2.49 bits per heavy atom. The van der Waals surface area contributed by atoms with Crippen LogP contribution < -0.4 is 10.5 Å². The SMILES string of the molecule is CCOC(=O)c1c(N2CCN(C(=O)c3cccs3)CC2)c2cc(C)ccc2n(CCN(C)C)c1=O. The van der Waals surface area contributed by atoms with Gasteiger partial charge in [-0.2, -0.15) is 0 Å². The predicted octanol–water partition coefficient (Wildman–Crippen LogP) is 3.07. The van der Waals surface area contributed by atoms with Gasteiger partial charge in [0.25, 0.3) is 11.5 Å². The molecule has 9 heteroatoms. The molecule has 1 aliphatic rings. The molecule has 3 heterocycles. The number of hydrogen-bond acceptors (Lipinski definition) is 7. The zero-order valence-electron chi connectivity index (χ0n) is 20.7. The number of rotatable bonds is 7. The highest BCUT2D eigenvalue weighted by Crippen LogP contribution is 2.31. The summed E-state index contributed by atoms with van der Waals surface area (Å²) in [6, 6.07) is 9.68. The van der Waals surface area contributed by atoms with Gasteiger partial charge in [0.1, 0.15) is 5.56 Å². The van der Waals surface area contributed by atoms with E-state index < -0.39 is 5.97 Å². The van der Waals surface area contributed by atoms with Gasteiger partial charge in [0.05, 0.1) is 22.7 Å². The maximum atomic E-state index is 13.7. The minimum absolute atomic E-state index is 0.0186. The summed E-state index contributed by atoms with van der Waals surface area (Å²) < 4.78 is 7.04. The number of benzene rings is 1. The number of likely N-dealkylation sites (N-methyl/N-ethyl adjacent to an activating group) is 1. The summed E-state index contributed by atoms with van der Waals surface area (Å²) in [7, 11) is 3.91. The summed E-state index contributed by atoms with van der Waals surface area (Å²) in [4.78, 5) is 46.3. The topological polar surface area (TPSA) is 75.1 Å². The standard InChI is InChI=1S/C26H32N4O4S/c1-5-34-26(33)22-23(28-11-13-29(14-12-28)24(31)21-7-6-16-35-21)19-17-18(2)8-9-20(19)30(25(22)32)15-10-27(3)4/h6-9,16-17H,5,10-15H2,1-4H3. The predicted molar refractivity (Wildman–Crippen MR) is 140 cm³/mol. The van der Waals surface area contributed by atoms with Crippen molar-refractivity contribution in [2.24, 2.45) is 0 Å². The lowest BCUT2D eigenvalue weighted by Crippen LogP contribution is -2.49. The zero-order chi connectivity index (χ0) is 25.1. The Morgan fingerprint density at radius 1 is 1.11 bits per heavy atom. The largest absolute Gasteiger partial charge is 0.462 e. The smallest absolute Gasteiger partial charge is 0.345 e. The van der Waals surface area contributed by atoms with E-state index in [1.165, 1.54) is 11.3 Å². The maximum Gasteiger partial charge on any atom is 0.345 e. The molecule has 1 aliphatic heterocycles. The molecule has 1 saturated heterocycles. The third-order valence-electron chi connectivity index (χ3n) is 6.26. The van der Waals surface area contributed by atoms with Crippen LogP contribution in [0.1, 0.15) is 32.5 Å². The molecule has 8 nitrogen and oxygen atoms in total. The number of thiophene rings is 1. The van der Waals surface area contributed by atoms with Crippen molar-refractivity contribution in [2.75, 3.05) is 58.3 Å². The second-order valence-electron chi connectivity index (χ2n) is 8.98. The fourth-order valence-electron chi connectivity index (χ4n) is 4.48. The van der Waals surface area contributed by atoms with Crippen LogP contribution in [0.15, 0.2) is 40.5 Å². The van der Waals surface area contributed by atoms with E-state index in [0.717, 1.165) is 21.3 Å². The summed E-state index contributed by atoms with van der Waals surface area (Å²) in [5.74, 6) is -0.586. The average Bonchev–Trinajstić information content (AvgIpc) is 3.37. The fraction of sp³-hybridized carbons (Fsp3) is 0.423. The molecule has 0 saturated carbocycles. The molecule has 0 unspecified atom stereocenters. The molecule has 1 fully saturated rings. The Kier molecular flexibility index (Phi) is 7.57. The first-order valence-corrected chi connectivity index (χ1v) is 12.8. The molecule has 186 valence electrons. The summed E-state index contributed by atoms with van der Waals surface area (Å²) in [5.41, 5.74) is 2.17. The number of aryl methyl sites for hydroxylation is 1. The molecule has 35 heavy (non-hydrogen) atoms. The molecule has 0 atom stereocenters. The van der Waals surface area contributed by atoms with Crippen molar-refractivity contribution in [1.82, 2.24) is 14.4 Å². The van der Waals surface area contributed by atoms with E-state index in [1.54, 1.807) is 11.5 Å². The number of carbonyl (C=O) groups excluding carboxylic acids is 2. The molecule has 0 N–H and O–H groups in total. The van der Waals surface area contributed by atoms with Crippen LogP contribution in [0.2, 0.25) is 0 Å². The van der Waals surface area contributed by atoms with E-state index in [1.807, 2.05) is 66.5 Å². The van der Waals surface area contributed by atoms with E-state index in [0.29, 0.717) is 45.0 Å². The van der Waals surface area contributed by atoms with Crippen molar-refractivity contribution in [3.63, 3.8) is 0 Å². The van der Waals surface area contributed by atoms with Crippen molar-refractivity contribution in [3.8, 4) is 0 Å². The minimum Gasteiger partial charge on any atom is -0.462 e. The highest BCUT2D eigenvalue weighted by atomic mass is 32.1. The molecule has 0 bridgehead atoms. The summed E-state index contributed by atoms with van der Waals surface area (Å²) >= 11 is 1.43. The Balaban J connectivity index is 1.79. The number of ether oxygens (including phenoxy) is 1. The van der Waals surface area contributed by atoms with Crippen molar-refractivity contribution in [3.05, 3.63) is 62.1 Å². The number of esters is 1. The Hall–Kier alpha value is -3.17. The van der Waals surface area contributed by atoms with Crippen molar-refractivity contribution in [2.45, 2.75) is 20.4 Å². The van der Waals surface area contributed by atoms with Gasteiger partial charge in [-0.1, -0.05) is 17.7 Å². The number of aromatic nitrogens is 1. The van der Waals surface area contributed by atoms with Crippen molar-refractivity contribution >= 4 is 39.8 Å². The molecule has 0 aliphatic carbocycles. The highest BCUT2D eigenvalue weighted by molar-refractivity contribution is 7.12. The molecule has 1 aromatic carbocycles. The van der Waals surface area contributed by atoms with Crippen molar-refractivity contribution < 1.29 is 14.3 Å². The van der Waals surface area contributed by atoms with Crippen molar-refractivity contribution in [1.29, 1.82) is 0 Å². The molecule has 0 spiro atoms. The van der Waals surface area contributed by atoms with Crippen LogP contribution in [0.4, 0.5) is 5.69 Å².